The molecular weight excluding hydrogens is 316 g/mol. The second kappa shape index (κ2) is 8.46. The molecule has 2 fully saturated rings. The Morgan fingerprint density at radius 1 is 0.885 bits per heavy atom. The number of rotatable bonds is 5. The van der Waals surface area contributed by atoms with Crippen molar-refractivity contribution in [1.29, 1.82) is 0 Å². The molecule has 0 N–H and O–H groups in total. The van der Waals surface area contributed by atoms with Crippen LogP contribution in [-0.2, 0) is 17.6 Å². The van der Waals surface area contributed by atoms with Crippen LogP contribution in [-0.4, -0.2) is 12.7 Å². The Hall–Kier alpha value is -0.820. The third-order valence-electron chi connectivity index (χ3n) is 7.75. The molecule has 144 valence electrons. The van der Waals surface area contributed by atoms with Crippen LogP contribution >= 0.6 is 0 Å². The molecule has 3 aliphatic carbocycles. The monoisotopic (exact) mass is 354 g/mol. The molecule has 0 amide bonds. The van der Waals surface area contributed by atoms with Crippen molar-refractivity contribution >= 4 is 0 Å². The first-order chi connectivity index (χ1) is 12.7. The highest BCUT2D eigenvalue weighted by Crippen LogP contribution is 2.47. The summed E-state index contributed by atoms with van der Waals surface area (Å²) in [5, 5.41) is 0. The van der Waals surface area contributed by atoms with E-state index >= 15 is 0 Å². The van der Waals surface area contributed by atoms with Gasteiger partial charge in [0.1, 0.15) is 0 Å². The van der Waals surface area contributed by atoms with E-state index in [0.29, 0.717) is 6.10 Å². The highest BCUT2D eigenvalue weighted by Gasteiger charge is 2.38. The topological polar surface area (TPSA) is 9.23 Å². The lowest BCUT2D eigenvalue weighted by molar-refractivity contribution is -0.0247. The summed E-state index contributed by atoms with van der Waals surface area (Å²) in [6.45, 7) is 5.48. The van der Waals surface area contributed by atoms with E-state index in [1.165, 1.54) is 76.2 Å². The van der Waals surface area contributed by atoms with E-state index in [9.17, 15) is 0 Å². The molecule has 1 heteroatoms. The van der Waals surface area contributed by atoms with Crippen LogP contribution in [0.5, 0.6) is 0 Å². The van der Waals surface area contributed by atoms with Crippen molar-refractivity contribution in [3.05, 3.63) is 34.9 Å². The molecule has 0 aliphatic heterocycles. The van der Waals surface area contributed by atoms with Crippen molar-refractivity contribution < 1.29 is 4.74 Å². The maximum absolute atomic E-state index is 6.16. The molecular formula is C25H38O. The molecule has 5 atom stereocenters. The highest BCUT2D eigenvalue weighted by molar-refractivity contribution is 5.33. The maximum atomic E-state index is 6.16. The Morgan fingerprint density at radius 2 is 1.65 bits per heavy atom. The SMILES string of the molecule is CCCCOC1CCC2CC(C3CCc4cc(C)ccc4C3)CCC2C1. The Kier molecular flexibility index (Phi) is 6.03. The average Bonchev–Trinajstić information content (AvgIpc) is 2.67. The minimum absolute atomic E-state index is 0.573. The van der Waals surface area contributed by atoms with Crippen LogP contribution in [0.4, 0.5) is 0 Å². The van der Waals surface area contributed by atoms with Crippen LogP contribution in [0, 0.1) is 30.6 Å². The average molecular weight is 355 g/mol. The van der Waals surface area contributed by atoms with Gasteiger partial charge in [-0.1, -0.05) is 37.1 Å². The number of hydrogen-bond acceptors (Lipinski definition) is 1. The Balaban J connectivity index is 1.30. The number of unbranched alkanes of at least 4 members (excludes halogenated alkanes) is 1. The molecule has 0 aromatic heterocycles. The number of ether oxygens (including phenoxy) is 1. The second-order valence-corrected chi connectivity index (χ2v) is 9.53. The van der Waals surface area contributed by atoms with E-state index in [0.717, 1.165) is 30.3 Å². The predicted molar refractivity (Wildman–Crippen MR) is 110 cm³/mol. The zero-order valence-corrected chi connectivity index (χ0v) is 17.0. The first kappa shape index (κ1) is 18.5. The van der Waals surface area contributed by atoms with Crippen LogP contribution in [0.25, 0.3) is 0 Å². The molecule has 26 heavy (non-hydrogen) atoms. The predicted octanol–water partition coefficient (Wildman–Crippen LogP) is 6.50. The molecule has 0 radical (unpaired) electrons. The van der Waals surface area contributed by atoms with Gasteiger partial charge in [-0.15, -0.1) is 0 Å². The lowest BCUT2D eigenvalue weighted by Crippen LogP contribution is -2.37. The van der Waals surface area contributed by atoms with Gasteiger partial charge in [0.15, 0.2) is 0 Å². The van der Waals surface area contributed by atoms with Crippen LogP contribution in [0.3, 0.4) is 0 Å². The molecule has 3 aliphatic rings. The second-order valence-electron chi connectivity index (χ2n) is 9.53. The third kappa shape index (κ3) is 4.19. The van der Waals surface area contributed by atoms with Crippen LogP contribution in [0.1, 0.15) is 81.4 Å². The molecule has 1 aromatic rings. The number of fused-ring (bicyclic) bond motifs is 2. The van der Waals surface area contributed by atoms with Crippen LogP contribution in [0.15, 0.2) is 18.2 Å². The van der Waals surface area contributed by atoms with Crippen molar-refractivity contribution in [3.63, 3.8) is 0 Å². The first-order valence-electron chi connectivity index (χ1n) is 11.4. The fourth-order valence-corrected chi connectivity index (χ4v) is 6.17. The molecule has 4 rings (SSSR count). The quantitative estimate of drug-likeness (QED) is 0.548. The van der Waals surface area contributed by atoms with E-state index in [2.05, 4.69) is 32.0 Å². The molecule has 0 heterocycles. The first-order valence-corrected chi connectivity index (χ1v) is 11.4. The molecule has 1 nitrogen and oxygen atoms in total. The largest absolute Gasteiger partial charge is 0.378 e. The van der Waals surface area contributed by atoms with Gasteiger partial charge in [0, 0.05) is 6.61 Å². The molecule has 0 spiro atoms. The standard InChI is InChI=1S/C25H38O/c1-3-4-13-26-25-12-11-23-16-22(9-10-24(23)17-25)21-8-7-19-14-18(2)5-6-20(19)15-21/h5-6,14,21-25H,3-4,7-13,15-17H2,1-2H3. The van der Waals surface area contributed by atoms with E-state index < -0.39 is 0 Å². The fraction of sp³-hybridized carbons (Fsp3) is 0.760. The summed E-state index contributed by atoms with van der Waals surface area (Å²) in [4.78, 5) is 0. The Morgan fingerprint density at radius 3 is 2.50 bits per heavy atom. The van der Waals surface area contributed by atoms with Crippen molar-refractivity contribution in [3.8, 4) is 0 Å². The fourth-order valence-electron chi connectivity index (χ4n) is 6.17. The van der Waals surface area contributed by atoms with Gasteiger partial charge in [0.25, 0.3) is 0 Å². The van der Waals surface area contributed by atoms with Gasteiger partial charge in [-0.25, -0.2) is 0 Å². The molecule has 5 unspecified atom stereocenters. The van der Waals surface area contributed by atoms with Gasteiger partial charge in [-0.2, -0.15) is 0 Å². The molecule has 2 saturated carbocycles. The Bertz CT molecular complexity index is 592. The summed E-state index contributed by atoms with van der Waals surface area (Å²) in [6.07, 6.45) is 15.7. The zero-order chi connectivity index (χ0) is 17.9. The smallest absolute Gasteiger partial charge is 0.0578 e. The zero-order valence-electron chi connectivity index (χ0n) is 17.0. The lowest BCUT2D eigenvalue weighted by Gasteiger charge is -2.45. The number of hydrogen-bond donors (Lipinski definition) is 0. The summed E-state index contributed by atoms with van der Waals surface area (Å²) in [5.74, 6) is 3.90. The number of aryl methyl sites for hydroxylation is 2. The van der Waals surface area contributed by atoms with Crippen molar-refractivity contribution in [1.82, 2.24) is 0 Å². The van der Waals surface area contributed by atoms with Crippen molar-refractivity contribution in [2.24, 2.45) is 23.7 Å². The van der Waals surface area contributed by atoms with E-state index in [1.54, 1.807) is 11.1 Å². The molecule has 0 bridgehead atoms. The summed E-state index contributed by atoms with van der Waals surface area (Å²) in [5.41, 5.74) is 4.72. The Labute approximate surface area is 160 Å². The van der Waals surface area contributed by atoms with Gasteiger partial charge in [-0.05, 0) is 106 Å². The van der Waals surface area contributed by atoms with Gasteiger partial charge >= 0.3 is 0 Å². The van der Waals surface area contributed by atoms with Gasteiger partial charge in [0.05, 0.1) is 6.10 Å². The maximum Gasteiger partial charge on any atom is 0.0578 e. The van der Waals surface area contributed by atoms with Gasteiger partial charge in [0.2, 0.25) is 0 Å². The van der Waals surface area contributed by atoms with Crippen molar-refractivity contribution in [2.45, 2.75) is 90.6 Å². The minimum Gasteiger partial charge on any atom is -0.378 e. The number of benzene rings is 1. The molecule has 0 saturated heterocycles. The van der Waals surface area contributed by atoms with Crippen molar-refractivity contribution in [2.75, 3.05) is 6.61 Å². The van der Waals surface area contributed by atoms with Gasteiger partial charge < -0.3 is 4.74 Å². The molecule has 1 aromatic carbocycles. The van der Waals surface area contributed by atoms with E-state index in [1.807, 2.05) is 0 Å². The third-order valence-corrected chi connectivity index (χ3v) is 7.75. The lowest BCUT2D eigenvalue weighted by atomic mass is 9.62. The van der Waals surface area contributed by atoms with Gasteiger partial charge in [-0.3, -0.25) is 0 Å². The highest BCUT2D eigenvalue weighted by atomic mass is 16.5. The van der Waals surface area contributed by atoms with E-state index in [4.69, 9.17) is 4.74 Å². The summed E-state index contributed by atoms with van der Waals surface area (Å²) >= 11 is 0. The van der Waals surface area contributed by atoms with E-state index in [-0.39, 0.29) is 0 Å². The summed E-state index contributed by atoms with van der Waals surface area (Å²) in [6, 6.07) is 7.17. The van der Waals surface area contributed by atoms with Crippen LogP contribution in [0.2, 0.25) is 0 Å². The van der Waals surface area contributed by atoms with Crippen LogP contribution < -0.4 is 0 Å². The normalized spacial score (nSPS) is 34.2. The minimum atomic E-state index is 0.573. The summed E-state index contributed by atoms with van der Waals surface area (Å²) in [7, 11) is 0. The summed E-state index contributed by atoms with van der Waals surface area (Å²) < 4.78 is 6.16.